The summed E-state index contributed by atoms with van der Waals surface area (Å²) in [5.74, 6) is 2.38. The molecular formula is C13H26N2OS. The number of nitrogens with two attached hydrogens (primary N) is 1. The number of hydrogen-bond donors (Lipinski definition) is 2. The van der Waals surface area contributed by atoms with E-state index in [2.05, 4.69) is 19.2 Å². The normalized spacial score (nSPS) is 37.2. The largest absolute Gasteiger partial charge is 0.377 e. The van der Waals surface area contributed by atoms with Crippen LogP contribution in [0.25, 0.3) is 0 Å². The predicted octanol–water partition coefficient (Wildman–Crippen LogP) is 1.62. The topological polar surface area (TPSA) is 47.3 Å². The number of thioether (sulfide) groups is 1. The van der Waals surface area contributed by atoms with E-state index in [-0.39, 0.29) is 5.54 Å². The molecule has 2 heterocycles. The lowest BCUT2D eigenvalue weighted by molar-refractivity contribution is 0.0971. The van der Waals surface area contributed by atoms with Gasteiger partial charge in [-0.25, -0.2) is 0 Å². The van der Waals surface area contributed by atoms with E-state index >= 15 is 0 Å². The van der Waals surface area contributed by atoms with Crippen LogP contribution in [-0.2, 0) is 4.74 Å². The molecule has 2 fully saturated rings. The third kappa shape index (κ3) is 3.60. The first-order valence-electron chi connectivity index (χ1n) is 6.70. The molecule has 0 saturated carbocycles. The quantitative estimate of drug-likeness (QED) is 0.804. The second-order valence-corrected chi connectivity index (χ2v) is 7.32. The highest BCUT2D eigenvalue weighted by Crippen LogP contribution is 2.38. The standard InChI is InChI=1S/C13H26N2OS/c1-12(2)7-13(8-14,10-17-9-12)15-6-11-4-3-5-16-11/h11,15H,3-10,14H2,1-2H3. The van der Waals surface area contributed by atoms with E-state index in [0.717, 1.165) is 25.4 Å². The lowest BCUT2D eigenvalue weighted by Gasteiger charge is -2.45. The van der Waals surface area contributed by atoms with Gasteiger partial charge in [-0.15, -0.1) is 0 Å². The molecular weight excluding hydrogens is 232 g/mol. The van der Waals surface area contributed by atoms with Gasteiger partial charge in [0.25, 0.3) is 0 Å². The summed E-state index contributed by atoms with van der Waals surface area (Å²) >= 11 is 2.03. The summed E-state index contributed by atoms with van der Waals surface area (Å²) in [6, 6.07) is 0. The molecule has 2 atom stereocenters. The van der Waals surface area contributed by atoms with Crippen molar-refractivity contribution in [2.75, 3.05) is 31.2 Å². The number of rotatable bonds is 4. The molecule has 2 aliphatic heterocycles. The van der Waals surface area contributed by atoms with Gasteiger partial charge in [-0.2, -0.15) is 11.8 Å². The molecule has 0 radical (unpaired) electrons. The number of hydrogen-bond acceptors (Lipinski definition) is 4. The van der Waals surface area contributed by atoms with Gasteiger partial charge >= 0.3 is 0 Å². The SMILES string of the molecule is CC1(C)CSCC(CN)(NCC2CCCO2)C1. The molecule has 2 saturated heterocycles. The van der Waals surface area contributed by atoms with E-state index in [0.29, 0.717) is 11.5 Å². The third-order valence-corrected chi connectivity index (χ3v) is 5.55. The van der Waals surface area contributed by atoms with Gasteiger partial charge in [-0.3, -0.25) is 0 Å². The summed E-state index contributed by atoms with van der Waals surface area (Å²) < 4.78 is 5.68. The van der Waals surface area contributed by atoms with Crippen LogP contribution in [0.5, 0.6) is 0 Å². The maximum Gasteiger partial charge on any atom is 0.0700 e. The fraction of sp³-hybridized carbons (Fsp3) is 1.00. The van der Waals surface area contributed by atoms with Gasteiger partial charge in [0.2, 0.25) is 0 Å². The van der Waals surface area contributed by atoms with Crippen molar-refractivity contribution in [1.29, 1.82) is 0 Å². The van der Waals surface area contributed by atoms with Crippen LogP contribution < -0.4 is 11.1 Å². The van der Waals surface area contributed by atoms with Gasteiger partial charge in [0.05, 0.1) is 6.10 Å². The highest BCUT2D eigenvalue weighted by atomic mass is 32.2. The molecule has 0 bridgehead atoms. The van der Waals surface area contributed by atoms with Crippen molar-refractivity contribution >= 4 is 11.8 Å². The molecule has 0 spiro atoms. The van der Waals surface area contributed by atoms with E-state index in [4.69, 9.17) is 10.5 Å². The average Bonchev–Trinajstić information content (AvgIpc) is 2.78. The van der Waals surface area contributed by atoms with Crippen LogP contribution in [0.1, 0.15) is 33.1 Å². The molecule has 2 rings (SSSR count). The van der Waals surface area contributed by atoms with Crippen LogP contribution >= 0.6 is 11.8 Å². The molecule has 0 aromatic rings. The fourth-order valence-corrected chi connectivity index (χ4v) is 4.46. The molecule has 3 N–H and O–H groups in total. The summed E-state index contributed by atoms with van der Waals surface area (Å²) in [4.78, 5) is 0. The zero-order valence-corrected chi connectivity index (χ0v) is 11.9. The minimum absolute atomic E-state index is 0.123. The van der Waals surface area contributed by atoms with Gasteiger partial charge in [0.15, 0.2) is 0 Å². The fourth-order valence-electron chi connectivity index (χ4n) is 2.99. The monoisotopic (exact) mass is 258 g/mol. The Labute approximate surface area is 109 Å². The second-order valence-electron chi connectivity index (χ2n) is 6.33. The molecule has 2 unspecified atom stereocenters. The van der Waals surface area contributed by atoms with Crippen LogP contribution in [0, 0.1) is 5.41 Å². The molecule has 0 aromatic carbocycles. The zero-order chi connectivity index (χ0) is 12.4. The van der Waals surface area contributed by atoms with Crippen molar-refractivity contribution in [3.63, 3.8) is 0 Å². The van der Waals surface area contributed by atoms with E-state index in [9.17, 15) is 0 Å². The molecule has 2 aliphatic rings. The van der Waals surface area contributed by atoms with E-state index < -0.39 is 0 Å². The Balaban J connectivity index is 1.89. The zero-order valence-electron chi connectivity index (χ0n) is 11.1. The summed E-state index contributed by atoms with van der Waals surface area (Å²) in [7, 11) is 0. The minimum Gasteiger partial charge on any atom is -0.377 e. The highest BCUT2D eigenvalue weighted by Gasteiger charge is 2.39. The van der Waals surface area contributed by atoms with E-state index in [1.807, 2.05) is 11.8 Å². The van der Waals surface area contributed by atoms with Crippen LogP contribution in [0.4, 0.5) is 0 Å². The highest BCUT2D eigenvalue weighted by molar-refractivity contribution is 7.99. The van der Waals surface area contributed by atoms with Gasteiger partial charge in [0.1, 0.15) is 0 Å². The first-order chi connectivity index (χ1) is 8.05. The summed E-state index contributed by atoms with van der Waals surface area (Å²) in [6.07, 6.45) is 4.00. The Kier molecular flexibility index (Phi) is 4.40. The Morgan fingerprint density at radius 3 is 2.82 bits per heavy atom. The van der Waals surface area contributed by atoms with Crippen LogP contribution in [0.15, 0.2) is 0 Å². The van der Waals surface area contributed by atoms with Crippen LogP contribution in [0.2, 0.25) is 0 Å². The smallest absolute Gasteiger partial charge is 0.0700 e. The Bertz CT molecular complexity index is 254. The number of nitrogens with one attached hydrogen (secondary N) is 1. The average molecular weight is 258 g/mol. The second kappa shape index (κ2) is 5.47. The number of ether oxygens (including phenoxy) is 1. The van der Waals surface area contributed by atoms with Gasteiger partial charge < -0.3 is 15.8 Å². The lowest BCUT2D eigenvalue weighted by atomic mass is 9.79. The molecule has 0 aliphatic carbocycles. The minimum atomic E-state index is 0.123. The predicted molar refractivity (Wildman–Crippen MR) is 74.5 cm³/mol. The lowest BCUT2D eigenvalue weighted by Crippen LogP contribution is -2.59. The maximum absolute atomic E-state index is 6.03. The third-order valence-electron chi connectivity index (χ3n) is 3.81. The summed E-state index contributed by atoms with van der Waals surface area (Å²) in [6.45, 7) is 7.32. The van der Waals surface area contributed by atoms with Crippen molar-refractivity contribution in [2.24, 2.45) is 11.1 Å². The Morgan fingerprint density at radius 2 is 2.24 bits per heavy atom. The van der Waals surface area contributed by atoms with Crippen molar-refractivity contribution in [3.8, 4) is 0 Å². The van der Waals surface area contributed by atoms with Crippen molar-refractivity contribution < 1.29 is 4.74 Å². The maximum atomic E-state index is 6.03. The summed E-state index contributed by atoms with van der Waals surface area (Å²) in [5, 5.41) is 3.71. The van der Waals surface area contributed by atoms with Gasteiger partial charge in [0, 0.05) is 31.0 Å². The molecule has 4 heteroatoms. The molecule has 17 heavy (non-hydrogen) atoms. The van der Waals surface area contributed by atoms with Gasteiger partial charge in [-0.1, -0.05) is 13.8 Å². The molecule has 0 amide bonds. The Hall–Kier alpha value is 0.230. The first-order valence-corrected chi connectivity index (χ1v) is 7.85. The van der Waals surface area contributed by atoms with Crippen molar-refractivity contribution in [1.82, 2.24) is 5.32 Å². The first kappa shape index (κ1) is 13.7. The van der Waals surface area contributed by atoms with E-state index in [1.54, 1.807) is 0 Å². The molecule has 3 nitrogen and oxygen atoms in total. The Morgan fingerprint density at radius 1 is 1.41 bits per heavy atom. The molecule has 100 valence electrons. The van der Waals surface area contributed by atoms with Crippen LogP contribution in [0.3, 0.4) is 0 Å². The molecule has 0 aromatic heterocycles. The van der Waals surface area contributed by atoms with Crippen LogP contribution in [-0.4, -0.2) is 42.8 Å². The van der Waals surface area contributed by atoms with Crippen molar-refractivity contribution in [3.05, 3.63) is 0 Å². The van der Waals surface area contributed by atoms with E-state index in [1.165, 1.54) is 25.0 Å². The van der Waals surface area contributed by atoms with Gasteiger partial charge in [-0.05, 0) is 30.4 Å². The summed E-state index contributed by atoms with van der Waals surface area (Å²) in [5.41, 5.74) is 6.55. The van der Waals surface area contributed by atoms with Crippen molar-refractivity contribution in [2.45, 2.75) is 44.8 Å².